The van der Waals surface area contributed by atoms with Gasteiger partial charge in [0.25, 0.3) is 5.91 Å². The quantitative estimate of drug-likeness (QED) is 0.746. The van der Waals surface area contributed by atoms with Gasteiger partial charge in [-0.2, -0.15) is 0 Å². The van der Waals surface area contributed by atoms with Gasteiger partial charge in [-0.15, -0.1) is 5.10 Å². The molecule has 0 aromatic carbocycles. The highest BCUT2D eigenvalue weighted by Gasteiger charge is 2.42. The number of likely N-dealkylation sites (tertiary alicyclic amines) is 1. The van der Waals surface area contributed by atoms with Crippen LogP contribution in [-0.4, -0.2) is 80.2 Å². The molecule has 4 rings (SSSR count). The van der Waals surface area contributed by atoms with Gasteiger partial charge in [-0.1, -0.05) is 0 Å². The third-order valence-corrected chi connectivity index (χ3v) is 4.98. The minimum atomic E-state index is -0.397. The van der Waals surface area contributed by atoms with Crippen LogP contribution in [0.5, 0.6) is 0 Å². The number of rotatable bonds is 3. The van der Waals surface area contributed by atoms with Crippen molar-refractivity contribution in [1.29, 1.82) is 0 Å². The van der Waals surface area contributed by atoms with Crippen LogP contribution in [0.15, 0.2) is 29.1 Å². The first-order chi connectivity index (χ1) is 12.7. The van der Waals surface area contributed by atoms with E-state index < -0.39 is 5.60 Å². The predicted molar refractivity (Wildman–Crippen MR) is 86.9 cm³/mol. The Bertz CT molecular complexity index is 752. The van der Waals surface area contributed by atoms with Gasteiger partial charge in [-0.05, 0) is 35.4 Å². The summed E-state index contributed by atoms with van der Waals surface area (Å²) in [6.45, 7) is 2.85. The number of piperidine rings is 1. The summed E-state index contributed by atoms with van der Waals surface area (Å²) >= 11 is 0. The number of tetrazole rings is 1. The summed E-state index contributed by atoms with van der Waals surface area (Å²) in [5.74, 6) is 0.206. The standard InChI is InChI=1S/C16H20N6O4/c23-14(10-22-12-17-18-19-22)20-5-3-16(4-6-20)11-21(7-9-26-16)15(24)13-2-1-8-25-13/h1-2,8,12H,3-7,9-11H2. The fourth-order valence-electron chi connectivity index (χ4n) is 3.53. The molecule has 0 unspecified atom stereocenters. The van der Waals surface area contributed by atoms with Crippen LogP contribution < -0.4 is 0 Å². The summed E-state index contributed by atoms with van der Waals surface area (Å²) in [6.07, 6.45) is 4.30. The van der Waals surface area contributed by atoms with Crippen molar-refractivity contribution in [3.05, 3.63) is 30.5 Å². The third-order valence-electron chi connectivity index (χ3n) is 4.98. The molecule has 10 heteroatoms. The number of hydrogen-bond acceptors (Lipinski definition) is 7. The van der Waals surface area contributed by atoms with Gasteiger partial charge in [0, 0.05) is 19.6 Å². The number of ether oxygens (including phenoxy) is 1. The second-order valence-corrected chi connectivity index (χ2v) is 6.62. The van der Waals surface area contributed by atoms with Gasteiger partial charge in [0.2, 0.25) is 5.91 Å². The summed E-state index contributed by atoms with van der Waals surface area (Å²) in [6, 6.07) is 3.38. The molecule has 4 heterocycles. The van der Waals surface area contributed by atoms with E-state index in [9.17, 15) is 9.59 Å². The van der Waals surface area contributed by atoms with Crippen LogP contribution in [0, 0.1) is 0 Å². The van der Waals surface area contributed by atoms with Crippen LogP contribution in [0.25, 0.3) is 0 Å². The Morgan fingerprint density at radius 3 is 2.73 bits per heavy atom. The highest BCUT2D eigenvalue weighted by Crippen LogP contribution is 2.31. The van der Waals surface area contributed by atoms with E-state index in [-0.39, 0.29) is 18.4 Å². The van der Waals surface area contributed by atoms with Crippen LogP contribution in [0.3, 0.4) is 0 Å². The zero-order valence-corrected chi connectivity index (χ0v) is 14.3. The van der Waals surface area contributed by atoms with Gasteiger partial charge >= 0.3 is 0 Å². The van der Waals surface area contributed by atoms with E-state index in [0.29, 0.717) is 51.4 Å². The van der Waals surface area contributed by atoms with E-state index in [1.165, 1.54) is 17.3 Å². The lowest BCUT2D eigenvalue weighted by Gasteiger charge is -2.47. The highest BCUT2D eigenvalue weighted by molar-refractivity contribution is 5.91. The fraction of sp³-hybridized carbons (Fsp3) is 0.562. The van der Waals surface area contributed by atoms with Crippen molar-refractivity contribution >= 4 is 11.8 Å². The molecule has 2 aliphatic heterocycles. The first-order valence-corrected chi connectivity index (χ1v) is 8.61. The molecular formula is C16H20N6O4. The number of nitrogens with zero attached hydrogens (tertiary/aromatic N) is 6. The van der Waals surface area contributed by atoms with Crippen molar-refractivity contribution in [2.24, 2.45) is 0 Å². The maximum atomic E-state index is 12.5. The molecule has 2 amide bonds. The van der Waals surface area contributed by atoms with Gasteiger partial charge < -0.3 is 19.0 Å². The summed E-state index contributed by atoms with van der Waals surface area (Å²) < 4.78 is 12.7. The molecule has 138 valence electrons. The third kappa shape index (κ3) is 3.32. The molecule has 2 aliphatic rings. The molecule has 2 aromatic rings. The maximum absolute atomic E-state index is 12.5. The van der Waals surface area contributed by atoms with Gasteiger partial charge in [-0.3, -0.25) is 9.59 Å². The van der Waals surface area contributed by atoms with Crippen LogP contribution in [-0.2, 0) is 16.1 Å². The van der Waals surface area contributed by atoms with Crippen LogP contribution >= 0.6 is 0 Å². The predicted octanol–water partition coefficient (Wildman–Crippen LogP) is -0.200. The fourth-order valence-corrected chi connectivity index (χ4v) is 3.53. The van der Waals surface area contributed by atoms with Crippen LogP contribution in [0.1, 0.15) is 23.4 Å². The number of aromatic nitrogens is 4. The van der Waals surface area contributed by atoms with Crippen molar-refractivity contribution in [1.82, 2.24) is 30.0 Å². The van der Waals surface area contributed by atoms with Crippen molar-refractivity contribution < 1.29 is 18.7 Å². The van der Waals surface area contributed by atoms with Gasteiger partial charge in [-0.25, -0.2) is 4.68 Å². The Morgan fingerprint density at radius 2 is 2.04 bits per heavy atom. The monoisotopic (exact) mass is 360 g/mol. The van der Waals surface area contributed by atoms with E-state index in [2.05, 4.69) is 15.5 Å². The molecule has 2 aromatic heterocycles. The molecule has 0 atom stereocenters. The van der Waals surface area contributed by atoms with Gasteiger partial charge in [0.1, 0.15) is 12.9 Å². The Morgan fingerprint density at radius 1 is 1.19 bits per heavy atom. The van der Waals surface area contributed by atoms with E-state index in [1.54, 1.807) is 21.9 Å². The summed E-state index contributed by atoms with van der Waals surface area (Å²) in [7, 11) is 0. The first-order valence-electron chi connectivity index (χ1n) is 8.61. The van der Waals surface area contributed by atoms with Crippen molar-refractivity contribution in [2.75, 3.05) is 32.8 Å². The highest BCUT2D eigenvalue weighted by atomic mass is 16.5. The summed E-state index contributed by atoms with van der Waals surface area (Å²) in [4.78, 5) is 28.5. The second kappa shape index (κ2) is 6.87. The lowest BCUT2D eigenvalue weighted by Crippen LogP contribution is -2.58. The SMILES string of the molecule is O=C(Cn1cnnn1)N1CCC2(CC1)CN(C(=O)c1ccco1)CCO2. The Kier molecular flexibility index (Phi) is 4.41. The normalized spacial score (nSPS) is 19.7. The second-order valence-electron chi connectivity index (χ2n) is 6.62. The molecule has 1 spiro atoms. The van der Waals surface area contributed by atoms with Crippen molar-refractivity contribution in [3.8, 4) is 0 Å². The summed E-state index contributed by atoms with van der Waals surface area (Å²) in [5, 5.41) is 10.8. The van der Waals surface area contributed by atoms with Crippen molar-refractivity contribution in [3.63, 3.8) is 0 Å². The zero-order valence-electron chi connectivity index (χ0n) is 14.3. The number of carbonyl (C=O) groups excluding carboxylic acids is 2. The summed E-state index contributed by atoms with van der Waals surface area (Å²) in [5.41, 5.74) is -0.397. The van der Waals surface area contributed by atoms with Gasteiger partial charge in [0.15, 0.2) is 5.76 Å². The average molecular weight is 360 g/mol. The van der Waals surface area contributed by atoms with E-state index >= 15 is 0 Å². The molecule has 0 N–H and O–H groups in total. The van der Waals surface area contributed by atoms with Crippen molar-refractivity contribution in [2.45, 2.75) is 25.0 Å². The van der Waals surface area contributed by atoms with E-state index in [0.717, 1.165) is 0 Å². The molecule has 26 heavy (non-hydrogen) atoms. The number of morpholine rings is 1. The largest absolute Gasteiger partial charge is 0.459 e. The molecule has 10 nitrogen and oxygen atoms in total. The zero-order chi connectivity index (χ0) is 18.0. The molecule has 0 aliphatic carbocycles. The number of hydrogen-bond donors (Lipinski definition) is 0. The Labute approximate surface area is 149 Å². The number of furan rings is 1. The molecule has 0 radical (unpaired) electrons. The Balaban J connectivity index is 1.35. The molecular weight excluding hydrogens is 340 g/mol. The first kappa shape index (κ1) is 16.7. The minimum absolute atomic E-state index is 0.0218. The maximum Gasteiger partial charge on any atom is 0.289 e. The average Bonchev–Trinajstić information content (AvgIpc) is 3.36. The lowest BCUT2D eigenvalue weighted by molar-refractivity contribution is -0.147. The molecule has 0 saturated carbocycles. The number of carbonyl (C=O) groups is 2. The molecule has 0 bridgehead atoms. The van der Waals surface area contributed by atoms with Crippen LogP contribution in [0.4, 0.5) is 0 Å². The van der Waals surface area contributed by atoms with E-state index in [4.69, 9.17) is 9.15 Å². The van der Waals surface area contributed by atoms with Crippen LogP contribution in [0.2, 0.25) is 0 Å². The number of amides is 2. The topological polar surface area (TPSA) is 107 Å². The van der Waals surface area contributed by atoms with Gasteiger partial charge in [0.05, 0.1) is 25.0 Å². The smallest absolute Gasteiger partial charge is 0.289 e. The lowest BCUT2D eigenvalue weighted by atomic mass is 9.89. The minimum Gasteiger partial charge on any atom is -0.459 e. The molecule has 2 fully saturated rings. The van der Waals surface area contributed by atoms with E-state index in [1.807, 2.05) is 0 Å². The molecule has 2 saturated heterocycles. The Hall–Kier alpha value is -2.75.